The van der Waals surface area contributed by atoms with Crippen molar-refractivity contribution in [1.29, 1.82) is 0 Å². The number of likely N-dealkylation sites (N-methyl/N-ethyl adjacent to an activating group) is 1. The Morgan fingerprint density at radius 2 is 2.18 bits per heavy atom. The number of pyridine rings is 2. The van der Waals surface area contributed by atoms with E-state index in [1.54, 1.807) is 18.6 Å². The number of fused-ring (bicyclic) bond motifs is 1. The minimum atomic E-state index is 0. The van der Waals surface area contributed by atoms with Gasteiger partial charge in [-0.05, 0) is 41.2 Å². The number of nitrogens with one attached hydrogen (secondary N) is 2. The van der Waals surface area contributed by atoms with Gasteiger partial charge in [0.05, 0.1) is 21.9 Å². The van der Waals surface area contributed by atoms with Gasteiger partial charge in [0, 0.05) is 24.5 Å². The molecule has 0 fully saturated rings. The number of halogens is 2. The summed E-state index contributed by atoms with van der Waals surface area (Å²) in [4.78, 5) is 11.9. The van der Waals surface area contributed by atoms with Crippen molar-refractivity contribution in [2.24, 2.45) is 0 Å². The molecular weight excluding hydrogens is 368 g/mol. The van der Waals surface area contributed by atoms with E-state index in [2.05, 4.69) is 36.2 Å². The van der Waals surface area contributed by atoms with Crippen LogP contribution in [-0.4, -0.2) is 35.2 Å². The van der Waals surface area contributed by atoms with Gasteiger partial charge in [0.25, 0.3) is 0 Å². The van der Waals surface area contributed by atoms with Crippen LogP contribution in [0, 0.1) is 0 Å². The second kappa shape index (κ2) is 7.58. The van der Waals surface area contributed by atoms with Crippen LogP contribution < -0.4 is 10.1 Å². The monoisotopic (exact) mass is 382 g/mol. The van der Waals surface area contributed by atoms with Crippen LogP contribution in [-0.2, 0) is 0 Å². The van der Waals surface area contributed by atoms with Crippen LogP contribution in [0.4, 0.5) is 0 Å². The van der Waals surface area contributed by atoms with E-state index >= 15 is 0 Å². The van der Waals surface area contributed by atoms with Crippen molar-refractivity contribution < 1.29 is 4.74 Å². The average Bonchev–Trinajstić information content (AvgIpc) is 2.86. The fourth-order valence-corrected chi connectivity index (χ4v) is 2.77. The maximum atomic E-state index is 5.80. The van der Waals surface area contributed by atoms with E-state index in [-0.39, 0.29) is 12.4 Å². The van der Waals surface area contributed by atoms with Crippen molar-refractivity contribution in [3.63, 3.8) is 0 Å². The summed E-state index contributed by atoms with van der Waals surface area (Å²) >= 11 is 3.62. The lowest BCUT2D eigenvalue weighted by Crippen LogP contribution is -2.16. The Hall–Kier alpha value is -1.63. The number of H-pyrrole nitrogens is 1. The Morgan fingerprint density at radius 1 is 1.32 bits per heavy atom. The lowest BCUT2D eigenvalue weighted by atomic mass is 10.2. The highest BCUT2D eigenvalue weighted by Crippen LogP contribution is 2.37. The van der Waals surface area contributed by atoms with E-state index in [1.807, 2.05) is 25.2 Å². The van der Waals surface area contributed by atoms with Gasteiger partial charge < -0.3 is 15.0 Å². The summed E-state index contributed by atoms with van der Waals surface area (Å²) in [6.45, 7) is 1.37. The van der Waals surface area contributed by atoms with Crippen LogP contribution in [0.3, 0.4) is 0 Å². The van der Waals surface area contributed by atoms with E-state index in [1.165, 1.54) is 0 Å². The summed E-state index contributed by atoms with van der Waals surface area (Å²) in [5.41, 5.74) is 3.80. The first-order valence-electron chi connectivity index (χ1n) is 6.65. The van der Waals surface area contributed by atoms with Gasteiger partial charge in [-0.3, -0.25) is 9.97 Å². The standard InChI is InChI=1S/C15H15BrN4O.ClH/c1-17-7-8-21-12-9-18-6-4-10(12)14-13(16)15-11(20-14)3-2-5-19-15;/h2-6,9,17,20H,7-8H2,1H3;1H. The van der Waals surface area contributed by atoms with Gasteiger partial charge in [-0.25, -0.2) is 0 Å². The molecule has 0 saturated heterocycles. The van der Waals surface area contributed by atoms with Gasteiger partial charge in [0.2, 0.25) is 0 Å². The molecule has 7 heteroatoms. The zero-order valence-electron chi connectivity index (χ0n) is 12.0. The Balaban J connectivity index is 0.00000176. The minimum absolute atomic E-state index is 0. The number of hydrogen-bond donors (Lipinski definition) is 2. The average molecular weight is 384 g/mol. The van der Waals surface area contributed by atoms with Crippen LogP contribution in [0.15, 0.2) is 41.3 Å². The van der Waals surface area contributed by atoms with Gasteiger partial charge in [-0.2, -0.15) is 0 Å². The molecule has 0 unspecified atom stereocenters. The van der Waals surface area contributed by atoms with Crippen molar-refractivity contribution in [3.05, 3.63) is 41.3 Å². The largest absolute Gasteiger partial charge is 0.490 e. The molecule has 5 nitrogen and oxygen atoms in total. The van der Waals surface area contributed by atoms with E-state index in [9.17, 15) is 0 Å². The molecule has 0 aromatic carbocycles. The third-order valence-electron chi connectivity index (χ3n) is 3.16. The van der Waals surface area contributed by atoms with Crippen LogP contribution in [0.25, 0.3) is 22.3 Å². The summed E-state index contributed by atoms with van der Waals surface area (Å²) in [5.74, 6) is 0.750. The predicted molar refractivity (Wildman–Crippen MR) is 93.7 cm³/mol. The predicted octanol–water partition coefficient (Wildman–Crippen LogP) is 3.41. The smallest absolute Gasteiger partial charge is 0.146 e. The molecule has 0 aliphatic heterocycles. The van der Waals surface area contributed by atoms with Crippen LogP contribution >= 0.6 is 28.3 Å². The first-order chi connectivity index (χ1) is 10.3. The first kappa shape index (κ1) is 16.7. The van der Waals surface area contributed by atoms with Gasteiger partial charge in [-0.15, -0.1) is 12.4 Å². The van der Waals surface area contributed by atoms with E-state index in [4.69, 9.17) is 4.74 Å². The molecule has 0 aliphatic rings. The van der Waals surface area contributed by atoms with Crippen molar-refractivity contribution in [1.82, 2.24) is 20.3 Å². The van der Waals surface area contributed by atoms with Gasteiger partial charge in [0.15, 0.2) is 0 Å². The second-order valence-corrected chi connectivity index (χ2v) is 5.33. The van der Waals surface area contributed by atoms with E-state index < -0.39 is 0 Å². The Bertz CT molecular complexity index is 762. The van der Waals surface area contributed by atoms with Crippen molar-refractivity contribution >= 4 is 39.4 Å². The summed E-state index contributed by atoms with van der Waals surface area (Å²) in [7, 11) is 1.90. The van der Waals surface area contributed by atoms with E-state index in [0.717, 1.165) is 39.1 Å². The topological polar surface area (TPSA) is 62.8 Å². The lowest BCUT2D eigenvalue weighted by molar-refractivity contribution is 0.318. The fraction of sp³-hybridized carbons (Fsp3) is 0.200. The molecule has 0 radical (unpaired) electrons. The maximum Gasteiger partial charge on any atom is 0.146 e. The van der Waals surface area contributed by atoms with Crippen LogP contribution in [0.2, 0.25) is 0 Å². The molecule has 0 saturated carbocycles. The zero-order chi connectivity index (χ0) is 14.7. The van der Waals surface area contributed by atoms with Crippen molar-refractivity contribution in [3.8, 4) is 17.0 Å². The third kappa shape index (κ3) is 3.24. The zero-order valence-corrected chi connectivity index (χ0v) is 14.4. The number of nitrogens with zero attached hydrogens (tertiary/aromatic N) is 2. The molecule has 0 bridgehead atoms. The number of ether oxygens (including phenoxy) is 1. The summed E-state index contributed by atoms with van der Waals surface area (Å²) < 4.78 is 6.73. The van der Waals surface area contributed by atoms with Gasteiger partial charge >= 0.3 is 0 Å². The number of hydrogen-bond acceptors (Lipinski definition) is 4. The number of aromatic nitrogens is 3. The summed E-state index contributed by atoms with van der Waals surface area (Å²) in [6.07, 6.45) is 5.27. The third-order valence-corrected chi connectivity index (χ3v) is 3.93. The summed E-state index contributed by atoms with van der Waals surface area (Å²) in [5, 5.41) is 3.06. The second-order valence-electron chi connectivity index (χ2n) is 4.54. The fourth-order valence-electron chi connectivity index (χ4n) is 2.14. The molecular formula is C15H16BrClN4O. The highest BCUT2D eigenvalue weighted by Gasteiger charge is 2.15. The highest BCUT2D eigenvalue weighted by molar-refractivity contribution is 9.10. The normalized spacial score (nSPS) is 10.5. The molecule has 22 heavy (non-hydrogen) atoms. The Kier molecular flexibility index (Phi) is 5.76. The minimum Gasteiger partial charge on any atom is -0.490 e. The van der Waals surface area contributed by atoms with Crippen molar-refractivity contribution in [2.45, 2.75) is 0 Å². The number of aromatic amines is 1. The molecule has 0 aliphatic carbocycles. The molecule has 3 aromatic rings. The quantitative estimate of drug-likeness (QED) is 0.663. The van der Waals surface area contributed by atoms with Gasteiger partial charge in [-0.1, -0.05) is 0 Å². The van der Waals surface area contributed by atoms with Crippen LogP contribution in [0.1, 0.15) is 0 Å². The molecule has 2 N–H and O–H groups in total. The molecule has 3 aromatic heterocycles. The number of rotatable bonds is 5. The van der Waals surface area contributed by atoms with Crippen LogP contribution in [0.5, 0.6) is 5.75 Å². The summed E-state index contributed by atoms with van der Waals surface area (Å²) in [6, 6.07) is 5.84. The molecule has 116 valence electrons. The van der Waals surface area contributed by atoms with E-state index in [0.29, 0.717) is 6.61 Å². The SMILES string of the molecule is CNCCOc1cnccc1-c1[nH]c2cccnc2c1Br.Cl. The molecule has 3 heterocycles. The molecule has 0 atom stereocenters. The Labute approximate surface area is 143 Å². The molecule has 0 amide bonds. The maximum absolute atomic E-state index is 5.80. The van der Waals surface area contributed by atoms with Crippen molar-refractivity contribution in [2.75, 3.05) is 20.2 Å². The Morgan fingerprint density at radius 3 is 2.95 bits per heavy atom. The lowest BCUT2D eigenvalue weighted by Gasteiger charge is -2.10. The molecule has 0 spiro atoms. The first-order valence-corrected chi connectivity index (χ1v) is 7.44. The molecule has 3 rings (SSSR count). The highest BCUT2D eigenvalue weighted by atomic mass is 79.9. The van der Waals surface area contributed by atoms with Gasteiger partial charge in [0.1, 0.15) is 17.9 Å².